The van der Waals surface area contributed by atoms with Crippen LogP contribution in [0.1, 0.15) is 41.4 Å². The number of hydrogen-bond donors (Lipinski definition) is 1. The summed E-state index contributed by atoms with van der Waals surface area (Å²) in [5.41, 5.74) is 2.19. The lowest BCUT2D eigenvalue weighted by atomic mass is 9.95. The van der Waals surface area contributed by atoms with E-state index in [1.807, 2.05) is 37.3 Å². The third-order valence-corrected chi connectivity index (χ3v) is 6.38. The first-order chi connectivity index (χ1) is 14.5. The number of nitrogens with one attached hydrogen (secondary N) is 1. The largest absolute Gasteiger partial charge is 0.462 e. The van der Waals surface area contributed by atoms with Gasteiger partial charge in [-0.25, -0.2) is 4.79 Å². The van der Waals surface area contributed by atoms with Crippen molar-refractivity contribution >= 4 is 28.2 Å². The minimum absolute atomic E-state index is 0.0543. The summed E-state index contributed by atoms with van der Waals surface area (Å²) in [5, 5.41) is 12.3. The Morgan fingerprint density at radius 2 is 1.97 bits per heavy atom. The lowest BCUT2D eigenvalue weighted by molar-refractivity contribution is -0.121. The van der Waals surface area contributed by atoms with Crippen LogP contribution >= 0.6 is 11.3 Å². The van der Waals surface area contributed by atoms with Crippen LogP contribution in [0.4, 0.5) is 5.00 Å². The summed E-state index contributed by atoms with van der Waals surface area (Å²) in [7, 11) is 0. The molecule has 7 heteroatoms. The average Bonchev–Trinajstić information content (AvgIpc) is 3.09. The minimum Gasteiger partial charge on any atom is -0.462 e. The number of carbonyl (C=O) groups is 2. The first kappa shape index (κ1) is 22.0. The Hall–Kier alpha value is -2.69. The smallest absolute Gasteiger partial charge is 0.341 e. The zero-order valence-electron chi connectivity index (χ0n) is 17.4. The maximum Gasteiger partial charge on any atom is 0.341 e. The topological polar surface area (TPSA) is 82.4 Å². The van der Waals surface area contributed by atoms with E-state index in [1.165, 1.54) is 11.3 Å². The van der Waals surface area contributed by atoms with E-state index in [2.05, 4.69) is 16.3 Å². The summed E-state index contributed by atoms with van der Waals surface area (Å²) >= 11 is 1.41. The molecule has 0 spiro atoms. The Morgan fingerprint density at radius 1 is 1.27 bits per heavy atom. The van der Waals surface area contributed by atoms with Gasteiger partial charge in [-0.3, -0.25) is 4.79 Å². The third-order valence-electron chi connectivity index (χ3n) is 5.36. The van der Waals surface area contributed by atoms with Gasteiger partial charge < -0.3 is 15.0 Å². The van der Waals surface area contributed by atoms with Crippen molar-refractivity contribution in [1.29, 1.82) is 5.26 Å². The second kappa shape index (κ2) is 10.4. The van der Waals surface area contributed by atoms with Gasteiger partial charge in [0.1, 0.15) is 10.6 Å². The van der Waals surface area contributed by atoms with Crippen LogP contribution in [-0.4, -0.2) is 43.0 Å². The van der Waals surface area contributed by atoms with E-state index < -0.39 is 5.97 Å². The summed E-state index contributed by atoms with van der Waals surface area (Å²) in [6.45, 7) is 6.38. The van der Waals surface area contributed by atoms with Gasteiger partial charge in [-0.2, -0.15) is 5.26 Å². The number of likely N-dealkylation sites (tertiary alicyclic amines) is 1. The number of rotatable bonds is 7. The van der Waals surface area contributed by atoms with E-state index in [9.17, 15) is 9.59 Å². The van der Waals surface area contributed by atoms with Crippen LogP contribution in [0, 0.1) is 24.2 Å². The van der Waals surface area contributed by atoms with Crippen molar-refractivity contribution in [3.63, 3.8) is 0 Å². The van der Waals surface area contributed by atoms with Crippen LogP contribution in [0.2, 0.25) is 0 Å². The van der Waals surface area contributed by atoms with Gasteiger partial charge in [0.15, 0.2) is 0 Å². The molecule has 30 heavy (non-hydrogen) atoms. The van der Waals surface area contributed by atoms with Crippen molar-refractivity contribution in [3.8, 4) is 17.2 Å². The zero-order chi connectivity index (χ0) is 21.5. The molecule has 1 N–H and O–H groups in total. The molecule has 0 unspecified atom stereocenters. The summed E-state index contributed by atoms with van der Waals surface area (Å²) < 4.78 is 5.31. The van der Waals surface area contributed by atoms with Crippen LogP contribution in [0.3, 0.4) is 0 Å². The van der Waals surface area contributed by atoms with Crippen molar-refractivity contribution < 1.29 is 14.3 Å². The Kier molecular flexibility index (Phi) is 7.61. The van der Waals surface area contributed by atoms with Gasteiger partial charge in [-0.05, 0) is 45.3 Å². The lowest BCUT2D eigenvalue weighted by Gasteiger charge is -2.30. The fourth-order valence-electron chi connectivity index (χ4n) is 3.82. The number of hydrogen-bond acceptors (Lipinski definition) is 6. The molecule has 3 rings (SSSR count). The van der Waals surface area contributed by atoms with Gasteiger partial charge in [-0.1, -0.05) is 30.3 Å². The van der Waals surface area contributed by atoms with Gasteiger partial charge in [-0.15, -0.1) is 11.3 Å². The molecule has 1 fully saturated rings. The number of aryl methyl sites for hydroxylation is 1. The molecule has 0 radical (unpaired) electrons. The van der Waals surface area contributed by atoms with Crippen molar-refractivity contribution in [2.75, 3.05) is 31.6 Å². The number of carbonyl (C=O) groups excluding carboxylic acids is 2. The fraction of sp³-hybridized carbons (Fsp3) is 0.435. The Balaban J connectivity index is 1.80. The summed E-state index contributed by atoms with van der Waals surface area (Å²) in [4.78, 5) is 28.9. The first-order valence-electron chi connectivity index (χ1n) is 10.3. The number of esters is 1. The van der Waals surface area contributed by atoms with E-state index in [4.69, 9.17) is 10.00 Å². The van der Waals surface area contributed by atoms with Crippen molar-refractivity contribution in [3.05, 3.63) is 40.8 Å². The maximum absolute atomic E-state index is 13.0. The first-order valence-corrected chi connectivity index (χ1v) is 11.1. The highest BCUT2D eigenvalue weighted by Crippen LogP contribution is 2.40. The zero-order valence-corrected chi connectivity index (χ0v) is 18.3. The standard InChI is InChI=1S/C23H27N3O3S/c1-3-29-23(28)20-19(17-8-5-4-6-9-17)16(2)30-22(20)25-21(27)18-10-14-26(15-11-18)13-7-12-24/h4-6,8-9,18H,3,7,10-11,13-15H2,1-2H3,(H,25,27). The van der Waals surface area contributed by atoms with Crippen molar-refractivity contribution in [2.45, 2.75) is 33.1 Å². The quantitative estimate of drug-likeness (QED) is 0.662. The number of anilines is 1. The molecular formula is C23H27N3O3S. The summed E-state index contributed by atoms with van der Waals surface area (Å²) in [5.74, 6) is -0.565. The fourth-order valence-corrected chi connectivity index (χ4v) is 4.89. The number of piperidine rings is 1. The van der Waals surface area contributed by atoms with E-state index in [0.29, 0.717) is 17.0 Å². The second-order valence-corrected chi connectivity index (χ2v) is 8.56. The highest BCUT2D eigenvalue weighted by atomic mass is 32.1. The van der Waals surface area contributed by atoms with E-state index in [0.717, 1.165) is 48.5 Å². The molecule has 0 atom stereocenters. The average molecular weight is 426 g/mol. The highest BCUT2D eigenvalue weighted by Gasteiger charge is 2.29. The Bertz CT molecular complexity index is 925. The van der Waals surface area contributed by atoms with Gasteiger partial charge in [0, 0.05) is 29.3 Å². The molecule has 1 aliphatic rings. The second-order valence-electron chi connectivity index (χ2n) is 7.34. The van der Waals surface area contributed by atoms with E-state index in [-0.39, 0.29) is 18.4 Å². The predicted octanol–water partition coefficient (Wildman–Crippen LogP) is 4.46. The van der Waals surface area contributed by atoms with Gasteiger partial charge in [0.05, 0.1) is 12.7 Å². The predicted molar refractivity (Wildman–Crippen MR) is 118 cm³/mol. The molecule has 1 amide bonds. The van der Waals surface area contributed by atoms with Crippen LogP contribution < -0.4 is 5.32 Å². The molecule has 6 nitrogen and oxygen atoms in total. The molecular weight excluding hydrogens is 398 g/mol. The normalized spacial score (nSPS) is 14.8. The van der Waals surface area contributed by atoms with Gasteiger partial charge in [0.2, 0.25) is 5.91 Å². The Morgan fingerprint density at radius 3 is 2.60 bits per heavy atom. The number of thiophene rings is 1. The molecule has 158 valence electrons. The number of nitriles is 1. The van der Waals surface area contributed by atoms with Crippen molar-refractivity contribution in [2.24, 2.45) is 5.92 Å². The Labute approximate surface area is 181 Å². The maximum atomic E-state index is 13.0. The van der Waals surface area contributed by atoms with Crippen LogP contribution in [0.5, 0.6) is 0 Å². The lowest BCUT2D eigenvalue weighted by Crippen LogP contribution is -2.38. The number of benzene rings is 1. The number of amides is 1. The monoisotopic (exact) mass is 425 g/mol. The minimum atomic E-state index is -0.415. The van der Waals surface area contributed by atoms with Crippen LogP contribution in [0.15, 0.2) is 30.3 Å². The van der Waals surface area contributed by atoms with Gasteiger partial charge in [0.25, 0.3) is 0 Å². The highest BCUT2D eigenvalue weighted by molar-refractivity contribution is 7.17. The van der Waals surface area contributed by atoms with Crippen LogP contribution in [-0.2, 0) is 9.53 Å². The molecule has 1 aromatic carbocycles. The third kappa shape index (κ3) is 5.07. The molecule has 1 saturated heterocycles. The molecule has 2 aromatic rings. The van der Waals surface area contributed by atoms with E-state index >= 15 is 0 Å². The van der Waals surface area contributed by atoms with Crippen LogP contribution in [0.25, 0.3) is 11.1 Å². The molecule has 1 aliphatic heterocycles. The molecule has 2 heterocycles. The number of ether oxygens (including phenoxy) is 1. The molecule has 0 aliphatic carbocycles. The molecule has 0 saturated carbocycles. The van der Waals surface area contributed by atoms with Gasteiger partial charge >= 0.3 is 5.97 Å². The van der Waals surface area contributed by atoms with E-state index in [1.54, 1.807) is 6.92 Å². The summed E-state index contributed by atoms with van der Waals surface area (Å²) in [6.07, 6.45) is 2.01. The molecule has 1 aromatic heterocycles. The SMILES string of the molecule is CCOC(=O)c1c(NC(=O)C2CCN(CCC#N)CC2)sc(C)c1-c1ccccc1. The van der Waals surface area contributed by atoms with Crippen molar-refractivity contribution in [1.82, 2.24) is 4.90 Å². The summed E-state index contributed by atoms with van der Waals surface area (Å²) in [6, 6.07) is 11.9. The number of nitrogens with zero attached hydrogens (tertiary/aromatic N) is 2. The molecule has 0 bridgehead atoms.